The number of fused-ring (bicyclic) bond motifs is 5. The van der Waals surface area contributed by atoms with Crippen LogP contribution in [-0.4, -0.2) is 38.7 Å². The summed E-state index contributed by atoms with van der Waals surface area (Å²) in [6, 6.07) is 7.24. The Labute approximate surface area is 200 Å². The van der Waals surface area contributed by atoms with E-state index in [4.69, 9.17) is 20.8 Å². The minimum Gasteiger partial charge on any atom is -0.449 e. The van der Waals surface area contributed by atoms with E-state index in [0.29, 0.717) is 47.3 Å². The van der Waals surface area contributed by atoms with Gasteiger partial charge < -0.3 is 19.8 Å². The van der Waals surface area contributed by atoms with Crippen molar-refractivity contribution in [3.8, 4) is 11.8 Å². The third kappa shape index (κ3) is 4.32. The first-order valence-electron chi connectivity index (χ1n) is 10.8. The molecule has 0 aliphatic carbocycles. The standard InChI is InChI=1S/C24H23ClN6O3/c1-12-9-26-19-18-14-5-8-17(30-15(14)6-7-16(18)33-20(19)21(32)29-12)34-22-13(10-27-23(25)31-22)11-28-24(2,3)4/h5-8,10,26,28H,9,11H2,1-4H3. The molecule has 4 heterocycles. The average Bonchev–Trinajstić information content (AvgIpc) is 3.09. The number of carbonyl (C=O) groups excluding carboxylic acids is 1. The van der Waals surface area contributed by atoms with Gasteiger partial charge in [-0.2, -0.15) is 4.98 Å². The Hall–Kier alpha value is -3.56. The van der Waals surface area contributed by atoms with Gasteiger partial charge in [0.15, 0.2) is 0 Å². The second-order valence-electron chi connectivity index (χ2n) is 9.14. The van der Waals surface area contributed by atoms with Gasteiger partial charge in [-0.25, -0.2) is 15.0 Å². The van der Waals surface area contributed by atoms with Crippen molar-refractivity contribution in [3.05, 3.63) is 47.1 Å². The van der Waals surface area contributed by atoms with Gasteiger partial charge in [-0.3, -0.25) is 4.79 Å². The Morgan fingerprint density at radius 2 is 2.03 bits per heavy atom. The zero-order valence-electron chi connectivity index (χ0n) is 19.2. The van der Waals surface area contributed by atoms with E-state index in [-0.39, 0.29) is 16.6 Å². The van der Waals surface area contributed by atoms with Crippen LogP contribution in [0.4, 0.5) is 5.69 Å². The molecule has 0 atom stereocenters. The summed E-state index contributed by atoms with van der Waals surface area (Å²) in [4.78, 5) is 29.5. The SMILES string of the molecule is CC1=NC(=O)c2oc3ccc4nc(Oc5nc(Cl)ncc5CNC(C)(C)C)ccc4c3c2NC1. The van der Waals surface area contributed by atoms with Crippen LogP contribution in [0.1, 0.15) is 43.8 Å². The lowest BCUT2D eigenvalue weighted by Gasteiger charge is -2.21. The van der Waals surface area contributed by atoms with Crippen molar-refractivity contribution < 1.29 is 13.9 Å². The second-order valence-corrected chi connectivity index (χ2v) is 9.48. The molecule has 0 fully saturated rings. The molecule has 3 aromatic heterocycles. The molecule has 0 saturated heterocycles. The molecule has 2 N–H and O–H groups in total. The fraction of sp³-hybridized carbons (Fsp3) is 0.292. The first-order chi connectivity index (χ1) is 16.2. The summed E-state index contributed by atoms with van der Waals surface area (Å²) in [7, 11) is 0. The summed E-state index contributed by atoms with van der Waals surface area (Å²) < 4.78 is 11.9. The minimum atomic E-state index is -0.396. The zero-order valence-corrected chi connectivity index (χ0v) is 19.9. The van der Waals surface area contributed by atoms with Gasteiger partial charge in [-0.05, 0) is 57.5 Å². The summed E-state index contributed by atoms with van der Waals surface area (Å²) in [5.41, 5.74) is 3.25. The maximum Gasteiger partial charge on any atom is 0.314 e. The van der Waals surface area contributed by atoms with Crippen LogP contribution in [0.25, 0.3) is 21.9 Å². The fourth-order valence-corrected chi connectivity index (χ4v) is 3.80. The highest BCUT2D eigenvalue weighted by molar-refractivity contribution is 6.28. The van der Waals surface area contributed by atoms with Crippen LogP contribution in [0.5, 0.6) is 11.8 Å². The van der Waals surface area contributed by atoms with Crippen LogP contribution in [0, 0.1) is 0 Å². The number of carbonyl (C=O) groups is 1. The number of pyridine rings is 1. The van der Waals surface area contributed by atoms with Crippen LogP contribution in [-0.2, 0) is 6.54 Å². The minimum absolute atomic E-state index is 0.0892. The van der Waals surface area contributed by atoms with Crippen molar-refractivity contribution in [1.82, 2.24) is 20.3 Å². The molecule has 1 aliphatic heterocycles. The second kappa shape index (κ2) is 8.34. The van der Waals surface area contributed by atoms with Crippen molar-refractivity contribution in [3.63, 3.8) is 0 Å². The maximum atomic E-state index is 12.5. The summed E-state index contributed by atoms with van der Waals surface area (Å²) >= 11 is 6.03. The van der Waals surface area contributed by atoms with E-state index in [0.717, 1.165) is 16.3 Å². The predicted molar refractivity (Wildman–Crippen MR) is 131 cm³/mol. The molecular weight excluding hydrogens is 456 g/mol. The number of nitrogens with one attached hydrogen (secondary N) is 2. The third-order valence-electron chi connectivity index (χ3n) is 5.31. The van der Waals surface area contributed by atoms with Crippen LogP contribution >= 0.6 is 11.6 Å². The smallest absolute Gasteiger partial charge is 0.314 e. The highest BCUT2D eigenvalue weighted by atomic mass is 35.5. The molecule has 1 aromatic carbocycles. The van der Waals surface area contributed by atoms with E-state index in [1.54, 1.807) is 25.3 Å². The van der Waals surface area contributed by atoms with Gasteiger partial charge in [0.1, 0.15) is 5.58 Å². The Kier molecular flexibility index (Phi) is 5.45. The number of amides is 1. The highest BCUT2D eigenvalue weighted by Gasteiger charge is 2.25. The Bertz CT molecular complexity index is 1470. The summed E-state index contributed by atoms with van der Waals surface area (Å²) in [6.07, 6.45) is 1.64. The van der Waals surface area contributed by atoms with E-state index >= 15 is 0 Å². The number of nitrogens with zero attached hydrogens (tertiary/aromatic N) is 4. The molecule has 4 aromatic rings. The third-order valence-corrected chi connectivity index (χ3v) is 5.49. The van der Waals surface area contributed by atoms with Gasteiger partial charge in [0, 0.05) is 41.0 Å². The van der Waals surface area contributed by atoms with Gasteiger partial charge in [0.25, 0.3) is 0 Å². The molecule has 0 spiro atoms. The number of benzene rings is 1. The molecular formula is C24H23ClN6O3. The van der Waals surface area contributed by atoms with E-state index in [9.17, 15) is 4.79 Å². The number of halogens is 1. The zero-order chi connectivity index (χ0) is 24.0. The van der Waals surface area contributed by atoms with Crippen molar-refractivity contribution in [2.45, 2.75) is 39.8 Å². The number of hydrogen-bond donors (Lipinski definition) is 2. The molecule has 9 nitrogen and oxygen atoms in total. The predicted octanol–water partition coefficient (Wildman–Crippen LogP) is 5.13. The monoisotopic (exact) mass is 478 g/mol. The Morgan fingerprint density at radius 1 is 1.21 bits per heavy atom. The first-order valence-corrected chi connectivity index (χ1v) is 11.2. The lowest BCUT2D eigenvalue weighted by atomic mass is 10.1. The molecule has 0 saturated carbocycles. The molecule has 0 unspecified atom stereocenters. The molecule has 174 valence electrons. The molecule has 5 rings (SSSR count). The average molecular weight is 479 g/mol. The van der Waals surface area contributed by atoms with E-state index in [2.05, 4.69) is 51.3 Å². The number of hydrogen-bond acceptors (Lipinski definition) is 8. The fourth-order valence-electron chi connectivity index (χ4n) is 3.68. The topological polar surface area (TPSA) is 115 Å². The Morgan fingerprint density at radius 3 is 2.82 bits per heavy atom. The number of aromatic nitrogens is 3. The van der Waals surface area contributed by atoms with Crippen molar-refractivity contribution in [1.29, 1.82) is 0 Å². The van der Waals surface area contributed by atoms with E-state index in [1.165, 1.54) is 0 Å². The van der Waals surface area contributed by atoms with Crippen LogP contribution in [0.2, 0.25) is 5.28 Å². The molecule has 10 heteroatoms. The molecule has 34 heavy (non-hydrogen) atoms. The number of anilines is 1. The van der Waals surface area contributed by atoms with Gasteiger partial charge in [-0.15, -0.1) is 0 Å². The van der Waals surface area contributed by atoms with Crippen molar-refractivity contribution >= 4 is 50.8 Å². The van der Waals surface area contributed by atoms with E-state index in [1.807, 2.05) is 12.1 Å². The molecule has 1 aliphatic rings. The quantitative estimate of drug-likeness (QED) is 0.388. The molecule has 0 bridgehead atoms. The van der Waals surface area contributed by atoms with E-state index < -0.39 is 5.91 Å². The van der Waals surface area contributed by atoms with Crippen LogP contribution in [0.15, 0.2) is 39.9 Å². The number of ether oxygens (including phenoxy) is 1. The lowest BCUT2D eigenvalue weighted by molar-refractivity contribution is 0.0980. The van der Waals surface area contributed by atoms with Gasteiger partial charge in [0.05, 0.1) is 23.1 Å². The summed E-state index contributed by atoms with van der Waals surface area (Å²) in [5, 5.41) is 8.36. The Balaban J connectivity index is 1.52. The number of furan rings is 1. The normalized spacial score (nSPS) is 14.0. The lowest BCUT2D eigenvalue weighted by Crippen LogP contribution is -2.35. The highest BCUT2D eigenvalue weighted by Crippen LogP contribution is 2.38. The van der Waals surface area contributed by atoms with Crippen LogP contribution < -0.4 is 15.4 Å². The summed E-state index contributed by atoms with van der Waals surface area (Å²) in [6.45, 7) is 8.98. The molecule has 1 amide bonds. The van der Waals surface area contributed by atoms with Crippen molar-refractivity contribution in [2.75, 3.05) is 11.9 Å². The van der Waals surface area contributed by atoms with Gasteiger partial charge in [-0.1, -0.05) is 0 Å². The van der Waals surface area contributed by atoms with Crippen LogP contribution in [0.3, 0.4) is 0 Å². The number of aliphatic imine (C=N–C) groups is 1. The summed E-state index contributed by atoms with van der Waals surface area (Å²) in [5.74, 6) is 0.497. The van der Waals surface area contributed by atoms with Gasteiger partial charge >= 0.3 is 5.91 Å². The van der Waals surface area contributed by atoms with Crippen molar-refractivity contribution in [2.24, 2.45) is 4.99 Å². The maximum absolute atomic E-state index is 12.5. The first kappa shape index (κ1) is 22.2. The largest absolute Gasteiger partial charge is 0.449 e. The number of rotatable bonds is 4. The van der Waals surface area contributed by atoms with Gasteiger partial charge in [0.2, 0.25) is 22.8 Å². The molecule has 0 radical (unpaired) electrons.